The second kappa shape index (κ2) is 8.47. The van der Waals surface area contributed by atoms with E-state index in [1.54, 1.807) is 0 Å². The average Bonchev–Trinajstić information content (AvgIpc) is 3.42. The van der Waals surface area contributed by atoms with Crippen LogP contribution in [0.4, 0.5) is 0 Å². The minimum atomic E-state index is 0.0406. The van der Waals surface area contributed by atoms with Gasteiger partial charge in [-0.2, -0.15) is 5.10 Å². The van der Waals surface area contributed by atoms with Gasteiger partial charge in [0.1, 0.15) is 0 Å². The van der Waals surface area contributed by atoms with Crippen molar-refractivity contribution in [3.8, 4) is 0 Å². The molecule has 150 valence electrons. The molecule has 1 atom stereocenters. The summed E-state index contributed by atoms with van der Waals surface area (Å²) in [6.45, 7) is 4.25. The van der Waals surface area contributed by atoms with Crippen LogP contribution >= 0.6 is 0 Å². The summed E-state index contributed by atoms with van der Waals surface area (Å²) < 4.78 is 8.03. The molecule has 2 saturated heterocycles. The molecular weight excluding hydrogens is 360 g/mol. The minimum absolute atomic E-state index is 0.0406. The highest BCUT2D eigenvalue weighted by atomic mass is 16.5. The van der Waals surface area contributed by atoms with Crippen molar-refractivity contribution in [2.24, 2.45) is 0 Å². The van der Waals surface area contributed by atoms with Crippen LogP contribution in [0.5, 0.6) is 0 Å². The standard InChI is InChI=1S/C24H28N4O/c1-2-8-23-21(7-1)22(26-28(23)24-9-3-6-16-29-24)13-12-20-11-10-19(17-25-20)18-27-14-4-5-15-27/h1-2,7-8,10-13,17,24H,3-6,9,14-16,18H2/b13-12+. The molecule has 1 unspecified atom stereocenters. The number of pyridine rings is 1. The van der Waals surface area contributed by atoms with Crippen LogP contribution in [0, 0.1) is 0 Å². The lowest BCUT2D eigenvalue weighted by molar-refractivity contribution is -0.0367. The summed E-state index contributed by atoms with van der Waals surface area (Å²) in [6.07, 6.45) is 12.2. The highest BCUT2D eigenvalue weighted by Gasteiger charge is 2.20. The summed E-state index contributed by atoms with van der Waals surface area (Å²) in [7, 11) is 0. The lowest BCUT2D eigenvalue weighted by atomic mass is 10.1. The molecule has 0 aliphatic carbocycles. The first-order valence-corrected chi connectivity index (χ1v) is 10.8. The van der Waals surface area contributed by atoms with E-state index < -0.39 is 0 Å². The molecule has 29 heavy (non-hydrogen) atoms. The monoisotopic (exact) mass is 388 g/mol. The van der Waals surface area contributed by atoms with Gasteiger partial charge in [-0.05, 0) is 75.0 Å². The summed E-state index contributed by atoms with van der Waals surface area (Å²) in [5.41, 5.74) is 4.35. The quantitative estimate of drug-likeness (QED) is 0.624. The van der Waals surface area contributed by atoms with Crippen LogP contribution in [0.2, 0.25) is 0 Å². The Bertz CT molecular complexity index is 980. The van der Waals surface area contributed by atoms with Crippen molar-refractivity contribution in [1.29, 1.82) is 0 Å². The molecule has 2 fully saturated rings. The molecule has 0 bridgehead atoms. The summed E-state index contributed by atoms with van der Waals surface area (Å²) >= 11 is 0. The Morgan fingerprint density at radius 2 is 1.90 bits per heavy atom. The number of nitrogens with zero attached hydrogens (tertiary/aromatic N) is 4. The van der Waals surface area contributed by atoms with Crippen molar-refractivity contribution in [3.05, 3.63) is 59.5 Å². The second-order valence-electron chi connectivity index (χ2n) is 8.08. The van der Waals surface area contributed by atoms with Gasteiger partial charge in [-0.1, -0.05) is 24.3 Å². The Morgan fingerprint density at radius 3 is 2.69 bits per heavy atom. The van der Waals surface area contributed by atoms with Crippen LogP contribution in [0.25, 0.3) is 23.1 Å². The summed E-state index contributed by atoms with van der Waals surface area (Å²) in [4.78, 5) is 7.14. The van der Waals surface area contributed by atoms with Crippen molar-refractivity contribution in [2.75, 3.05) is 19.7 Å². The number of likely N-dealkylation sites (tertiary alicyclic amines) is 1. The zero-order valence-corrected chi connectivity index (χ0v) is 16.8. The van der Waals surface area contributed by atoms with Crippen molar-refractivity contribution >= 4 is 23.1 Å². The smallest absolute Gasteiger partial charge is 0.150 e. The zero-order valence-electron chi connectivity index (χ0n) is 16.8. The molecule has 0 amide bonds. The van der Waals surface area contributed by atoms with Crippen LogP contribution in [0.15, 0.2) is 42.6 Å². The Balaban J connectivity index is 1.36. The van der Waals surface area contributed by atoms with Gasteiger partial charge in [-0.3, -0.25) is 9.88 Å². The van der Waals surface area contributed by atoms with E-state index in [1.165, 1.54) is 37.9 Å². The molecule has 2 aromatic heterocycles. The van der Waals surface area contributed by atoms with E-state index in [1.807, 2.05) is 6.20 Å². The van der Waals surface area contributed by atoms with Crippen LogP contribution in [0.3, 0.4) is 0 Å². The van der Waals surface area contributed by atoms with Crippen molar-refractivity contribution < 1.29 is 4.74 Å². The van der Waals surface area contributed by atoms with Gasteiger partial charge in [0, 0.05) is 24.7 Å². The van der Waals surface area contributed by atoms with Gasteiger partial charge in [0.05, 0.1) is 16.9 Å². The van der Waals surface area contributed by atoms with Gasteiger partial charge >= 0.3 is 0 Å². The third-order valence-electron chi connectivity index (χ3n) is 5.94. The molecule has 0 saturated carbocycles. The van der Waals surface area contributed by atoms with Crippen molar-refractivity contribution in [3.63, 3.8) is 0 Å². The molecule has 2 aliphatic rings. The maximum atomic E-state index is 5.98. The molecule has 5 nitrogen and oxygen atoms in total. The van der Waals surface area contributed by atoms with E-state index in [2.05, 4.69) is 63.1 Å². The molecular formula is C24H28N4O. The van der Waals surface area contributed by atoms with E-state index in [9.17, 15) is 0 Å². The highest BCUT2D eigenvalue weighted by molar-refractivity contribution is 5.89. The van der Waals surface area contributed by atoms with Gasteiger partial charge in [0.25, 0.3) is 0 Å². The maximum absolute atomic E-state index is 5.98. The van der Waals surface area contributed by atoms with Crippen LogP contribution in [0.1, 0.15) is 55.3 Å². The number of ether oxygens (including phenoxy) is 1. The lowest BCUT2D eigenvalue weighted by Gasteiger charge is -2.23. The Labute approximate surface area is 172 Å². The van der Waals surface area contributed by atoms with Gasteiger partial charge in [0.15, 0.2) is 6.23 Å². The van der Waals surface area contributed by atoms with Gasteiger partial charge in [-0.25, -0.2) is 4.68 Å². The highest BCUT2D eigenvalue weighted by Crippen LogP contribution is 2.28. The average molecular weight is 389 g/mol. The molecule has 0 radical (unpaired) electrons. The van der Waals surface area contributed by atoms with Crippen molar-refractivity contribution in [1.82, 2.24) is 19.7 Å². The van der Waals surface area contributed by atoms with E-state index >= 15 is 0 Å². The summed E-state index contributed by atoms with van der Waals surface area (Å²) in [5, 5.41) is 6.04. The van der Waals surface area contributed by atoms with Gasteiger partial charge in [0.2, 0.25) is 0 Å². The molecule has 5 rings (SSSR count). The first-order chi connectivity index (χ1) is 14.4. The second-order valence-corrected chi connectivity index (χ2v) is 8.08. The number of hydrogen-bond donors (Lipinski definition) is 0. The maximum Gasteiger partial charge on any atom is 0.150 e. The molecule has 5 heteroatoms. The molecule has 0 N–H and O–H groups in total. The third-order valence-corrected chi connectivity index (χ3v) is 5.94. The number of aromatic nitrogens is 3. The zero-order chi connectivity index (χ0) is 19.5. The fourth-order valence-electron chi connectivity index (χ4n) is 4.36. The van der Waals surface area contributed by atoms with Gasteiger partial charge < -0.3 is 4.74 Å². The lowest BCUT2D eigenvalue weighted by Crippen LogP contribution is -2.19. The summed E-state index contributed by atoms with van der Waals surface area (Å²) in [6, 6.07) is 12.7. The van der Waals surface area contributed by atoms with Crippen molar-refractivity contribution in [2.45, 2.75) is 44.9 Å². The number of benzene rings is 1. The van der Waals surface area contributed by atoms with E-state index in [-0.39, 0.29) is 6.23 Å². The van der Waals surface area contributed by atoms with Crippen LogP contribution < -0.4 is 0 Å². The normalized spacial score (nSPS) is 20.8. The predicted molar refractivity (Wildman–Crippen MR) is 116 cm³/mol. The largest absolute Gasteiger partial charge is 0.356 e. The molecule has 0 spiro atoms. The number of para-hydroxylation sites is 1. The molecule has 3 aromatic rings. The minimum Gasteiger partial charge on any atom is -0.356 e. The summed E-state index contributed by atoms with van der Waals surface area (Å²) in [5.74, 6) is 0. The fourth-order valence-corrected chi connectivity index (χ4v) is 4.36. The fraction of sp³-hybridized carbons (Fsp3) is 0.417. The first-order valence-electron chi connectivity index (χ1n) is 10.8. The van der Waals surface area contributed by atoms with E-state index in [0.717, 1.165) is 48.3 Å². The number of rotatable bonds is 5. The van der Waals surface area contributed by atoms with Crippen LogP contribution in [-0.2, 0) is 11.3 Å². The Hall–Kier alpha value is -2.50. The molecule has 2 aliphatic heterocycles. The Morgan fingerprint density at radius 1 is 1.00 bits per heavy atom. The van der Waals surface area contributed by atoms with Gasteiger partial charge in [-0.15, -0.1) is 0 Å². The Kier molecular flexibility index (Phi) is 5.41. The molecule has 1 aromatic carbocycles. The first kappa shape index (κ1) is 18.5. The molecule has 4 heterocycles. The predicted octanol–water partition coefficient (Wildman–Crippen LogP) is 4.90. The SMILES string of the molecule is C(=C\c1nn(C2CCCCO2)c2ccccc12)/c1ccc(CN2CCCC2)cn1. The van der Waals surface area contributed by atoms with Crippen LogP contribution in [-0.4, -0.2) is 39.4 Å². The van der Waals surface area contributed by atoms with E-state index in [0.29, 0.717) is 0 Å². The topological polar surface area (TPSA) is 43.2 Å². The third kappa shape index (κ3) is 4.11. The number of fused-ring (bicyclic) bond motifs is 1. The van der Waals surface area contributed by atoms with E-state index in [4.69, 9.17) is 9.84 Å². The number of hydrogen-bond acceptors (Lipinski definition) is 4.